The number of halogens is 4. The first kappa shape index (κ1) is 15.7. The minimum Gasteiger partial charge on any atom is -0.207 e. The van der Waals surface area contributed by atoms with E-state index in [-0.39, 0.29) is 10.8 Å². The fourth-order valence-corrected chi connectivity index (χ4v) is 2.81. The summed E-state index contributed by atoms with van der Waals surface area (Å²) in [5.41, 5.74) is -1.35. The SMILES string of the molecule is O=S(=O)(NCc1nn[nH]n1)c1ccc(Cl)cc1C(F)(F)F. The Morgan fingerprint density at radius 1 is 1.33 bits per heavy atom. The molecule has 12 heteroatoms. The predicted molar refractivity (Wildman–Crippen MR) is 64.7 cm³/mol. The fourth-order valence-electron chi connectivity index (χ4n) is 1.45. The number of tetrazole rings is 1. The van der Waals surface area contributed by atoms with Gasteiger partial charge in [-0.1, -0.05) is 16.8 Å². The summed E-state index contributed by atoms with van der Waals surface area (Å²) in [7, 11) is -4.42. The molecule has 0 saturated heterocycles. The third kappa shape index (κ3) is 3.68. The van der Waals surface area contributed by atoms with Gasteiger partial charge in [-0.3, -0.25) is 0 Å². The Hall–Kier alpha value is -1.72. The van der Waals surface area contributed by atoms with Crippen molar-refractivity contribution in [2.24, 2.45) is 0 Å². The molecule has 0 fully saturated rings. The molecule has 1 aromatic carbocycles. The fraction of sp³-hybridized carbons (Fsp3) is 0.222. The lowest BCUT2D eigenvalue weighted by atomic mass is 10.2. The topological polar surface area (TPSA) is 101 Å². The molecule has 2 aromatic rings. The maximum Gasteiger partial charge on any atom is 0.417 e. The second kappa shape index (κ2) is 5.58. The molecule has 0 spiro atoms. The van der Waals surface area contributed by atoms with Gasteiger partial charge >= 0.3 is 6.18 Å². The van der Waals surface area contributed by atoms with Crippen LogP contribution in [0, 0.1) is 0 Å². The first-order chi connectivity index (χ1) is 9.70. The Kier molecular flexibility index (Phi) is 4.16. The van der Waals surface area contributed by atoms with Crippen molar-refractivity contribution in [2.45, 2.75) is 17.6 Å². The largest absolute Gasteiger partial charge is 0.417 e. The Bertz CT molecular complexity index is 732. The van der Waals surface area contributed by atoms with E-state index in [9.17, 15) is 21.6 Å². The van der Waals surface area contributed by atoms with Gasteiger partial charge in [-0.25, -0.2) is 13.1 Å². The molecule has 0 amide bonds. The molecule has 0 bridgehead atoms. The van der Waals surface area contributed by atoms with Gasteiger partial charge in [0.15, 0.2) is 5.82 Å². The van der Waals surface area contributed by atoms with Crippen LogP contribution in [-0.2, 0) is 22.7 Å². The van der Waals surface area contributed by atoms with E-state index in [0.717, 1.165) is 12.1 Å². The molecule has 114 valence electrons. The molecule has 0 unspecified atom stereocenters. The van der Waals surface area contributed by atoms with Crippen molar-refractivity contribution in [3.8, 4) is 0 Å². The molecule has 0 radical (unpaired) electrons. The quantitative estimate of drug-likeness (QED) is 0.874. The van der Waals surface area contributed by atoms with Crippen molar-refractivity contribution in [1.29, 1.82) is 0 Å². The second-order valence-corrected chi connectivity index (χ2v) is 5.96. The van der Waals surface area contributed by atoms with Crippen LogP contribution in [0.1, 0.15) is 11.4 Å². The molecule has 0 aliphatic carbocycles. The Morgan fingerprint density at radius 3 is 2.62 bits per heavy atom. The molecule has 1 heterocycles. The predicted octanol–water partition coefficient (Wildman–Crippen LogP) is 1.35. The number of hydrogen-bond acceptors (Lipinski definition) is 5. The number of H-pyrrole nitrogens is 1. The highest BCUT2D eigenvalue weighted by atomic mass is 35.5. The number of alkyl halides is 3. The van der Waals surface area contributed by atoms with E-state index in [1.54, 1.807) is 0 Å². The van der Waals surface area contributed by atoms with E-state index in [1.165, 1.54) is 0 Å². The van der Waals surface area contributed by atoms with Gasteiger partial charge < -0.3 is 0 Å². The zero-order chi connectivity index (χ0) is 15.7. The van der Waals surface area contributed by atoms with E-state index >= 15 is 0 Å². The number of nitrogens with zero attached hydrogens (tertiary/aromatic N) is 3. The smallest absolute Gasteiger partial charge is 0.207 e. The van der Waals surface area contributed by atoms with Gasteiger partial charge in [0.2, 0.25) is 10.0 Å². The minimum absolute atomic E-state index is 0.0129. The molecule has 0 aliphatic heterocycles. The Morgan fingerprint density at radius 2 is 2.05 bits per heavy atom. The molecule has 21 heavy (non-hydrogen) atoms. The third-order valence-electron chi connectivity index (χ3n) is 2.35. The average molecular weight is 342 g/mol. The number of hydrogen-bond donors (Lipinski definition) is 2. The van der Waals surface area contributed by atoms with E-state index in [1.807, 2.05) is 4.72 Å². The Balaban J connectivity index is 2.36. The number of sulfonamides is 1. The average Bonchev–Trinajstić information content (AvgIpc) is 2.88. The number of rotatable bonds is 4. The summed E-state index contributed by atoms with van der Waals surface area (Å²) >= 11 is 5.48. The summed E-state index contributed by atoms with van der Waals surface area (Å²) in [4.78, 5) is -0.928. The maximum absolute atomic E-state index is 12.9. The molecule has 2 N–H and O–H groups in total. The molecular formula is C9H7ClF3N5O2S. The van der Waals surface area contributed by atoms with Crippen molar-refractivity contribution in [3.05, 3.63) is 34.6 Å². The highest BCUT2D eigenvalue weighted by Crippen LogP contribution is 2.35. The summed E-state index contributed by atoms with van der Waals surface area (Å²) in [6.45, 7) is -0.404. The Labute approximate surface area is 121 Å². The minimum atomic E-state index is -4.86. The van der Waals surface area contributed by atoms with Gasteiger partial charge in [-0.05, 0) is 18.2 Å². The van der Waals surface area contributed by atoms with Crippen LogP contribution < -0.4 is 4.72 Å². The second-order valence-electron chi connectivity index (χ2n) is 3.79. The molecule has 7 nitrogen and oxygen atoms in total. The molecule has 0 atom stereocenters. The zero-order valence-corrected chi connectivity index (χ0v) is 11.6. The zero-order valence-electron chi connectivity index (χ0n) is 10.0. The van der Waals surface area contributed by atoms with Crippen LogP contribution in [0.5, 0.6) is 0 Å². The van der Waals surface area contributed by atoms with Gasteiger partial charge in [0, 0.05) is 5.02 Å². The summed E-state index contributed by atoms with van der Waals surface area (Å²) in [6.07, 6.45) is -4.86. The summed E-state index contributed by atoms with van der Waals surface area (Å²) < 4.78 is 64.5. The van der Waals surface area contributed by atoms with Crippen molar-refractivity contribution in [2.75, 3.05) is 0 Å². The molecule has 0 saturated carbocycles. The number of benzene rings is 1. The lowest BCUT2D eigenvalue weighted by Gasteiger charge is -2.13. The van der Waals surface area contributed by atoms with Crippen molar-refractivity contribution >= 4 is 21.6 Å². The van der Waals surface area contributed by atoms with Crippen molar-refractivity contribution in [1.82, 2.24) is 25.3 Å². The van der Waals surface area contributed by atoms with Crippen LogP contribution in [0.2, 0.25) is 5.02 Å². The first-order valence-corrected chi connectivity index (χ1v) is 7.15. The standard InChI is InChI=1S/C9H7ClF3N5O2S/c10-5-1-2-7(6(3-5)9(11,12)13)21(19,20)14-4-8-15-17-18-16-8/h1-3,14H,4H2,(H,15,16,17,18). The summed E-state index contributed by atoms with van der Waals surface area (Å²) in [5.74, 6) is -0.0129. The summed E-state index contributed by atoms with van der Waals surface area (Å²) in [6, 6.07) is 2.38. The lowest BCUT2D eigenvalue weighted by Crippen LogP contribution is -2.26. The van der Waals surface area contributed by atoms with Crippen molar-refractivity contribution in [3.63, 3.8) is 0 Å². The normalized spacial score (nSPS) is 12.6. The van der Waals surface area contributed by atoms with E-state index in [4.69, 9.17) is 11.6 Å². The van der Waals surface area contributed by atoms with Crippen LogP contribution in [0.3, 0.4) is 0 Å². The molecule has 1 aromatic heterocycles. The van der Waals surface area contributed by atoms with Crippen LogP contribution in [0.15, 0.2) is 23.1 Å². The van der Waals surface area contributed by atoms with Crippen LogP contribution >= 0.6 is 11.6 Å². The highest BCUT2D eigenvalue weighted by Gasteiger charge is 2.37. The maximum atomic E-state index is 12.9. The molecule has 0 aliphatic rings. The molecule has 2 rings (SSSR count). The third-order valence-corrected chi connectivity index (χ3v) is 4.04. The van der Waals surface area contributed by atoms with Gasteiger partial charge in [-0.2, -0.15) is 18.4 Å². The van der Waals surface area contributed by atoms with Gasteiger partial charge in [0.1, 0.15) is 0 Å². The van der Waals surface area contributed by atoms with Crippen LogP contribution in [0.4, 0.5) is 13.2 Å². The number of nitrogens with one attached hydrogen (secondary N) is 2. The number of aromatic nitrogens is 4. The van der Waals surface area contributed by atoms with E-state index in [2.05, 4.69) is 20.6 Å². The highest BCUT2D eigenvalue weighted by molar-refractivity contribution is 7.89. The van der Waals surface area contributed by atoms with Gasteiger partial charge in [-0.15, -0.1) is 10.2 Å². The number of aromatic amines is 1. The van der Waals surface area contributed by atoms with Crippen molar-refractivity contribution < 1.29 is 21.6 Å². The lowest BCUT2D eigenvalue weighted by molar-refractivity contribution is -0.139. The van der Waals surface area contributed by atoms with Gasteiger partial charge in [0.05, 0.1) is 17.0 Å². The van der Waals surface area contributed by atoms with Gasteiger partial charge in [0.25, 0.3) is 0 Å². The van der Waals surface area contributed by atoms with Crippen LogP contribution in [-0.4, -0.2) is 29.0 Å². The molecular weight excluding hydrogens is 335 g/mol. The summed E-state index contributed by atoms with van der Waals surface area (Å²) in [5, 5.41) is 12.0. The first-order valence-electron chi connectivity index (χ1n) is 5.29. The van der Waals surface area contributed by atoms with E-state index < -0.39 is 33.2 Å². The van der Waals surface area contributed by atoms with Crippen LogP contribution in [0.25, 0.3) is 0 Å². The van der Waals surface area contributed by atoms with E-state index in [0.29, 0.717) is 6.07 Å². The monoisotopic (exact) mass is 341 g/mol.